The lowest BCUT2D eigenvalue weighted by atomic mass is 10.0. The maximum Gasteiger partial charge on any atom is 0.231 e. The Morgan fingerprint density at radius 3 is 2.93 bits per heavy atom. The fourth-order valence-electron chi connectivity index (χ4n) is 3.46. The van der Waals surface area contributed by atoms with Gasteiger partial charge in [-0.15, -0.1) is 0 Å². The maximum absolute atomic E-state index is 5.48. The summed E-state index contributed by atoms with van der Waals surface area (Å²) in [6.07, 6.45) is 2.62. The average molecular weight is 361 g/mol. The van der Waals surface area contributed by atoms with Crippen molar-refractivity contribution in [3.8, 4) is 22.9 Å². The SMILES string of the molecule is CC(Cc1ccc2c(c1)OCO2)c1nc2c([nH]1)c(-c1ccccn1)nn2C. The molecular formula is C20H19N5O2. The van der Waals surface area contributed by atoms with Crippen LogP contribution < -0.4 is 9.47 Å². The lowest BCUT2D eigenvalue weighted by Crippen LogP contribution is -2.02. The summed E-state index contributed by atoms with van der Waals surface area (Å²) in [5, 5.41) is 4.57. The van der Waals surface area contributed by atoms with Gasteiger partial charge in [-0.2, -0.15) is 5.10 Å². The van der Waals surface area contributed by atoms with Crippen molar-refractivity contribution in [1.82, 2.24) is 24.7 Å². The number of imidazole rings is 1. The molecule has 5 rings (SSSR count). The van der Waals surface area contributed by atoms with Crippen LogP contribution in [0, 0.1) is 0 Å². The summed E-state index contributed by atoms with van der Waals surface area (Å²) in [6, 6.07) is 11.9. The molecule has 1 aliphatic heterocycles. The fourth-order valence-corrected chi connectivity index (χ4v) is 3.46. The number of nitrogens with one attached hydrogen (secondary N) is 1. The monoisotopic (exact) mass is 361 g/mol. The highest BCUT2D eigenvalue weighted by atomic mass is 16.7. The van der Waals surface area contributed by atoms with Gasteiger partial charge in [0.2, 0.25) is 6.79 Å². The van der Waals surface area contributed by atoms with E-state index >= 15 is 0 Å². The summed E-state index contributed by atoms with van der Waals surface area (Å²) in [4.78, 5) is 12.7. The van der Waals surface area contributed by atoms with E-state index in [-0.39, 0.29) is 5.92 Å². The molecule has 1 N–H and O–H groups in total. The van der Waals surface area contributed by atoms with Crippen LogP contribution in [0.1, 0.15) is 24.2 Å². The number of H-pyrrole nitrogens is 1. The molecule has 7 heteroatoms. The van der Waals surface area contributed by atoms with Crippen LogP contribution in [0.5, 0.6) is 11.5 Å². The number of hydrogen-bond acceptors (Lipinski definition) is 5. The van der Waals surface area contributed by atoms with Gasteiger partial charge in [-0.25, -0.2) is 9.67 Å². The molecule has 0 aliphatic carbocycles. The van der Waals surface area contributed by atoms with E-state index in [0.29, 0.717) is 6.79 Å². The van der Waals surface area contributed by atoms with Crippen LogP contribution in [0.3, 0.4) is 0 Å². The van der Waals surface area contributed by atoms with Gasteiger partial charge in [-0.1, -0.05) is 19.1 Å². The van der Waals surface area contributed by atoms with Crippen LogP contribution in [0.15, 0.2) is 42.6 Å². The van der Waals surface area contributed by atoms with Crippen LogP contribution in [0.25, 0.3) is 22.6 Å². The number of ether oxygens (including phenoxy) is 2. The minimum absolute atomic E-state index is 0.217. The molecule has 0 saturated carbocycles. The van der Waals surface area contributed by atoms with Gasteiger partial charge in [0.15, 0.2) is 17.1 Å². The third-order valence-electron chi connectivity index (χ3n) is 4.85. The number of nitrogens with zero attached hydrogens (tertiary/aromatic N) is 4. The Labute approximate surface area is 156 Å². The van der Waals surface area contributed by atoms with E-state index in [1.165, 1.54) is 5.56 Å². The Morgan fingerprint density at radius 1 is 1.19 bits per heavy atom. The average Bonchev–Trinajstić information content (AvgIpc) is 3.38. The summed E-state index contributed by atoms with van der Waals surface area (Å²) < 4.78 is 12.7. The summed E-state index contributed by atoms with van der Waals surface area (Å²) in [6.45, 7) is 2.46. The molecule has 3 aromatic heterocycles. The molecule has 1 unspecified atom stereocenters. The second-order valence-corrected chi connectivity index (χ2v) is 6.80. The van der Waals surface area contributed by atoms with Crippen LogP contribution in [0.4, 0.5) is 0 Å². The van der Waals surface area contributed by atoms with E-state index in [1.807, 2.05) is 37.4 Å². The molecule has 1 atom stereocenters. The second kappa shape index (κ2) is 6.12. The van der Waals surface area contributed by atoms with Gasteiger partial charge in [-0.05, 0) is 36.2 Å². The first kappa shape index (κ1) is 15.9. The molecule has 7 nitrogen and oxygen atoms in total. The van der Waals surface area contributed by atoms with Gasteiger partial charge < -0.3 is 14.5 Å². The first-order valence-corrected chi connectivity index (χ1v) is 8.91. The van der Waals surface area contributed by atoms with Crippen molar-refractivity contribution < 1.29 is 9.47 Å². The Balaban J connectivity index is 1.46. The smallest absolute Gasteiger partial charge is 0.231 e. The van der Waals surface area contributed by atoms with Crippen molar-refractivity contribution in [2.24, 2.45) is 7.05 Å². The molecule has 1 aliphatic rings. The van der Waals surface area contributed by atoms with Crippen molar-refractivity contribution >= 4 is 11.2 Å². The maximum atomic E-state index is 5.48. The molecular weight excluding hydrogens is 342 g/mol. The van der Waals surface area contributed by atoms with Crippen LogP contribution in [-0.2, 0) is 13.5 Å². The van der Waals surface area contributed by atoms with Gasteiger partial charge in [-0.3, -0.25) is 4.98 Å². The highest BCUT2D eigenvalue weighted by molar-refractivity contribution is 5.87. The van der Waals surface area contributed by atoms with Gasteiger partial charge in [0.25, 0.3) is 0 Å². The Morgan fingerprint density at radius 2 is 2.07 bits per heavy atom. The molecule has 136 valence electrons. The highest BCUT2D eigenvalue weighted by Crippen LogP contribution is 2.34. The summed E-state index contributed by atoms with van der Waals surface area (Å²) in [7, 11) is 1.90. The number of benzene rings is 1. The highest BCUT2D eigenvalue weighted by Gasteiger charge is 2.20. The molecule has 27 heavy (non-hydrogen) atoms. The lowest BCUT2D eigenvalue weighted by Gasteiger charge is -2.09. The predicted octanol–water partition coefficient (Wildman–Crippen LogP) is 3.43. The van der Waals surface area contributed by atoms with Crippen molar-refractivity contribution in [2.75, 3.05) is 6.79 Å². The molecule has 0 spiro atoms. The largest absolute Gasteiger partial charge is 0.454 e. The second-order valence-electron chi connectivity index (χ2n) is 6.80. The number of aromatic nitrogens is 5. The molecule has 0 bridgehead atoms. The first-order chi connectivity index (χ1) is 13.2. The minimum atomic E-state index is 0.217. The first-order valence-electron chi connectivity index (χ1n) is 8.91. The number of pyridine rings is 1. The number of fused-ring (bicyclic) bond motifs is 2. The topological polar surface area (TPSA) is 77.8 Å². The lowest BCUT2D eigenvalue weighted by molar-refractivity contribution is 0.174. The van der Waals surface area contributed by atoms with Gasteiger partial charge >= 0.3 is 0 Å². The number of aryl methyl sites for hydroxylation is 1. The number of aromatic amines is 1. The van der Waals surface area contributed by atoms with Crippen molar-refractivity contribution in [2.45, 2.75) is 19.3 Å². The van der Waals surface area contributed by atoms with Crippen molar-refractivity contribution in [1.29, 1.82) is 0 Å². The van der Waals surface area contributed by atoms with E-state index in [9.17, 15) is 0 Å². The molecule has 0 amide bonds. The zero-order valence-electron chi connectivity index (χ0n) is 15.1. The van der Waals surface area contributed by atoms with E-state index in [4.69, 9.17) is 14.5 Å². The predicted molar refractivity (Wildman–Crippen MR) is 101 cm³/mol. The van der Waals surface area contributed by atoms with Gasteiger partial charge in [0.05, 0.1) is 5.69 Å². The van der Waals surface area contributed by atoms with Crippen molar-refractivity contribution in [3.63, 3.8) is 0 Å². The van der Waals surface area contributed by atoms with E-state index in [0.717, 1.165) is 46.3 Å². The summed E-state index contributed by atoms with van der Waals surface area (Å²) in [5.41, 5.74) is 4.60. The Bertz CT molecular complexity index is 1120. The van der Waals surface area contributed by atoms with Crippen LogP contribution >= 0.6 is 0 Å². The Hall–Kier alpha value is -3.35. The third kappa shape index (κ3) is 2.71. The van der Waals surface area contributed by atoms with E-state index in [2.05, 4.69) is 28.1 Å². The molecule has 4 aromatic rings. The van der Waals surface area contributed by atoms with Crippen LogP contribution in [-0.4, -0.2) is 31.5 Å². The number of hydrogen-bond donors (Lipinski definition) is 1. The van der Waals surface area contributed by atoms with E-state index < -0.39 is 0 Å². The molecule has 0 radical (unpaired) electrons. The number of rotatable bonds is 4. The molecule has 0 saturated heterocycles. The normalized spacial score (nSPS) is 14.0. The zero-order valence-corrected chi connectivity index (χ0v) is 15.1. The zero-order chi connectivity index (χ0) is 18.4. The quantitative estimate of drug-likeness (QED) is 0.602. The minimum Gasteiger partial charge on any atom is -0.454 e. The molecule has 1 aromatic carbocycles. The summed E-state index contributed by atoms with van der Waals surface area (Å²) >= 11 is 0. The third-order valence-corrected chi connectivity index (χ3v) is 4.85. The van der Waals surface area contributed by atoms with Gasteiger partial charge in [0, 0.05) is 19.2 Å². The fraction of sp³-hybridized carbons (Fsp3) is 0.250. The molecule has 4 heterocycles. The van der Waals surface area contributed by atoms with Crippen molar-refractivity contribution in [3.05, 3.63) is 54.0 Å². The van der Waals surface area contributed by atoms with Gasteiger partial charge in [0.1, 0.15) is 17.0 Å². The van der Waals surface area contributed by atoms with E-state index in [1.54, 1.807) is 10.9 Å². The Kier molecular flexibility index (Phi) is 3.60. The molecule has 0 fully saturated rings. The van der Waals surface area contributed by atoms with Crippen LogP contribution in [0.2, 0.25) is 0 Å². The standard InChI is InChI=1S/C20H19N5O2/c1-12(9-13-6-7-15-16(10-13)27-11-26-15)19-22-18-17(14-5-3-4-8-21-14)24-25(2)20(18)23-19/h3-8,10,12H,9,11H2,1-2H3,(H,22,23). The summed E-state index contributed by atoms with van der Waals surface area (Å²) in [5.74, 6) is 2.77.